The van der Waals surface area contributed by atoms with Crippen LogP contribution in [0.2, 0.25) is 0 Å². The smallest absolute Gasteiger partial charge is 0.143 e. The van der Waals surface area contributed by atoms with Gasteiger partial charge in [-0.25, -0.2) is 4.39 Å². The SMILES string of the molecule is C/C=C(F)\C(=N\NC)C(C)SC. The topological polar surface area (TPSA) is 24.4 Å². The molecule has 0 heterocycles. The van der Waals surface area contributed by atoms with Crippen molar-refractivity contribution in [2.24, 2.45) is 5.10 Å². The van der Waals surface area contributed by atoms with Gasteiger partial charge in [-0.15, -0.1) is 0 Å². The van der Waals surface area contributed by atoms with Crippen LogP contribution in [0.3, 0.4) is 0 Å². The second-order valence-electron chi connectivity index (χ2n) is 2.24. The lowest BCUT2D eigenvalue weighted by Gasteiger charge is -2.09. The van der Waals surface area contributed by atoms with E-state index in [1.54, 1.807) is 25.7 Å². The average Bonchev–Trinajstić information content (AvgIpc) is 2.11. The van der Waals surface area contributed by atoms with Crippen LogP contribution in [-0.4, -0.2) is 24.3 Å². The number of rotatable bonds is 4. The summed E-state index contributed by atoms with van der Waals surface area (Å²) in [6, 6.07) is 0. The third kappa shape index (κ3) is 3.26. The van der Waals surface area contributed by atoms with Gasteiger partial charge in [0.25, 0.3) is 0 Å². The predicted octanol–water partition coefficient (Wildman–Crippen LogP) is 2.19. The molecule has 0 aromatic rings. The first-order valence-corrected chi connectivity index (χ1v) is 5.05. The lowest BCUT2D eigenvalue weighted by atomic mass is 10.2. The van der Waals surface area contributed by atoms with Gasteiger partial charge in [0.2, 0.25) is 0 Å². The van der Waals surface area contributed by atoms with E-state index in [1.807, 2.05) is 13.2 Å². The molecule has 0 aliphatic rings. The lowest BCUT2D eigenvalue weighted by Crippen LogP contribution is -2.17. The van der Waals surface area contributed by atoms with E-state index in [4.69, 9.17) is 0 Å². The number of nitrogens with one attached hydrogen (secondary N) is 1. The molecule has 0 saturated heterocycles. The molecule has 70 valence electrons. The van der Waals surface area contributed by atoms with Crippen molar-refractivity contribution in [3.63, 3.8) is 0 Å². The highest BCUT2D eigenvalue weighted by Gasteiger charge is 2.13. The van der Waals surface area contributed by atoms with E-state index >= 15 is 0 Å². The summed E-state index contributed by atoms with van der Waals surface area (Å²) < 4.78 is 13.1. The van der Waals surface area contributed by atoms with Crippen molar-refractivity contribution in [3.8, 4) is 0 Å². The zero-order valence-electron chi connectivity index (χ0n) is 7.89. The average molecular weight is 190 g/mol. The molecule has 0 aromatic heterocycles. The van der Waals surface area contributed by atoms with E-state index in [0.717, 1.165) is 0 Å². The summed E-state index contributed by atoms with van der Waals surface area (Å²) in [5.41, 5.74) is 3.06. The molecule has 4 heteroatoms. The van der Waals surface area contributed by atoms with Crippen LogP contribution in [0.15, 0.2) is 17.0 Å². The highest BCUT2D eigenvalue weighted by Crippen LogP contribution is 2.14. The number of allylic oxidation sites excluding steroid dienone is 2. The summed E-state index contributed by atoms with van der Waals surface area (Å²) in [6.07, 6.45) is 3.35. The number of thioether (sulfide) groups is 1. The van der Waals surface area contributed by atoms with Crippen molar-refractivity contribution in [2.45, 2.75) is 19.1 Å². The first kappa shape index (κ1) is 11.5. The monoisotopic (exact) mass is 190 g/mol. The maximum absolute atomic E-state index is 13.1. The summed E-state index contributed by atoms with van der Waals surface area (Å²) in [5.74, 6) is -0.258. The minimum absolute atomic E-state index is 0.0775. The van der Waals surface area contributed by atoms with Gasteiger partial charge < -0.3 is 5.43 Å². The molecule has 0 aliphatic carbocycles. The Balaban J connectivity index is 4.55. The van der Waals surface area contributed by atoms with Crippen LogP contribution in [0.4, 0.5) is 4.39 Å². The number of hydrogen-bond acceptors (Lipinski definition) is 3. The third-order valence-electron chi connectivity index (χ3n) is 1.47. The highest BCUT2D eigenvalue weighted by molar-refractivity contribution is 7.99. The zero-order chi connectivity index (χ0) is 9.56. The first-order valence-electron chi connectivity index (χ1n) is 3.76. The fourth-order valence-electron chi connectivity index (χ4n) is 0.718. The molecule has 0 fully saturated rings. The second-order valence-corrected chi connectivity index (χ2v) is 3.41. The number of nitrogens with zero attached hydrogens (tertiary/aromatic N) is 1. The minimum Gasteiger partial charge on any atom is -0.313 e. The normalized spacial score (nSPS) is 16.1. The molecule has 2 nitrogen and oxygen atoms in total. The Morgan fingerprint density at radius 3 is 2.58 bits per heavy atom. The maximum atomic E-state index is 13.1. The molecule has 1 unspecified atom stereocenters. The summed E-state index contributed by atoms with van der Waals surface area (Å²) in [4.78, 5) is 0. The molecule has 0 radical (unpaired) electrons. The van der Waals surface area contributed by atoms with E-state index in [9.17, 15) is 4.39 Å². The van der Waals surface area contributed by atoms with Gasteiger partial charge >= 0.3 is 0 Å². The van der Waals surface area contributed by atoms with Crippen molar-refractivity contribution in [2.75, 3.05) is 13.3 Å². The van der Waals surface area contributed by atoms with Gasteiger partial charge in [-0.1, -0.05) is 0 Å². The molecule has 1 N–H and O–H groups in total. The summed E-state index contributed by atoms with van der Waals surface area (Å²) in [7, 11) is 1.66. The van der Waals surface area contributed by atoms with E-state index in [1.165, 1.54) is 6.08 Å². The number of hydrazone groups is 1. The molecular weight excluding hydrogens is 175 g/mol. The Morgan fingerprint density at radius 1 is 1.67 bits per heavy atom. The molecule has 0 aliphatic heterocycles. The first-order chi connectivity index (χ1) is 5.67. The number of hydrogen-bond donors (Lipinski definition) is 1. The predicted molar refractivity (Wildman–Crippen MR) is 54.3 cm³/mol. The number of halogens is 1. The molecule has 12 heavy (non-hydrogen) atoms. The quantitative estimate of drug-likeness (QED) is 0.543. The standard InChI is InChI=1S/C8H15FN2S/c1-5-7(9)8(11-10-3)6(2)12-4/h5-6,10H,1-4H3/b7-5+,11-8+. The van der Waals surface area contributed by atoms with Crippen molar-refractivity contribution in [1.29, 1.82) is 0 Å². The Hall–Kier alpha value is -0.510. The highest BCUT2D eigenvalue weighted by atomic mass is 32.2. The van der Waals surface area contributed by atoms with Gasteiger partial charge in [0.05, 0.1) is 0 Å². The molecule has 0 rings (SSSR count). The van der Waals surface area contributed by atoms with E-state index in [2.05, 4.69) is 10.5 Å². The summed E-state index contributed by atoms with van der Waals surface area (Å²) in [6.45, 7) is 3.58. The van der Waals surface area contributed by atoms with Gasteiger partial charge in [0.1, 0.15) is 11.5 Å². The Labute approximate surface area is 77.3 Å². The van der Waals surface area contributed by atoms with Gasteiger partial charge in [0, 0.05) is 12.3 Å². The molecule has 0 aromatic carbocycles. The van der Waals surface area contributed by atoms with Gasteiger partial charge in [-0.05, 0) is 26.2 Å². The summed E-state index contributed by atoms with van der Waals surface area (Å²) in [5, 5.41) is 3.95. The zero-order valence-corrected chi connectivity index (χ0v) is 8.70. The fraction of sp³-hybridized carbons (Fsp3) is 0.625. The van der Waals surface area contributed by atoms with Crippen LogP contribution in [-0.2, 0) is 0 Å². The van der Waals surface area contributed by atoms with E-state index in [-0.39, 0.29) is 11.1 Å². The van der Waals surface area contributed by atoms with Crippen LogP contribution < -0.4 is 5.43 Å². The molecule has 0 spiro atoms. The molecule has 0 bridgehead atoms. The fourth-order valence-corrected chi connectivity index (χ4v) is 1.11. The Bertz CT molecular complexity index is 189. The molecule has 0 saturated carbocycles. The van der Waals surface area contributed by atoms with Crippen LogP contribution in [0.1, 0.15) is 13.8 Å². The van der Waals surface area contributed by atoms with E-state index in [0.29, 0.717) is 5.71 Å². The Kier molecular flexibility index (Phi) is 5.80. The van der Waals surface area contributed by atoms with Crippen LogP contribution in [0.25, 0.3) is 0 Å². The molecule has 0 amide bonds. The largest absolute Gasteiger partial charge is 0.313 e. The van der Waals surface area contributed by atoms with Crippen LogP contribution >= 0.6 is 11.8 Å². The van der Waals surface area contributed by atoms with E-state index < -0.39 is 0 Å². The third-order valence-corrected chi connectivity index (χ3v) is 2.40. The second kappa shape index (κ2) is 6.06. The van der Waals surface area contributed by atoms with Crippen molar-refractivity contribution < 1.29 is 4.39 Å². The minimum atomic E-state index is -0.258. The Morgan fingerprint density at radius 2 is 2.25 bits per heavy atom. The van der Waals surface area contributed by atoms with Crippen LogP contribution in [0.5, 0.6) is 0 Å². The maximum Gasteiger partial charge on any atom is 0.143 e. The van der Waals surface area contributed by atoms with Crippen molar-refractivity contribution >= 4 is 17.5 Å². The van der Waals surface area contributed by atoms with Crippen molar-refractivity contribution in [3.05, 3.63) is 11.9 Å². The molecular formula is C8H15FN2S. The molecule has 1 atom stereocenters. The van der Waals surface area contributed by atoms with Crippen molar-refractivity contribution in [1.82, 2.24) is 5.43 Å². The summed E-state index contributed by atoms with van der Waals surface area (Å²) >= 11 is 1.56. The van der Waals surface area contributed by atoms with Gasteiger partial charge in [-0.2, -0.15) is 16.9 Å². The van der Waals surface area contributed by atoms with Gasteiger partial charge in [0.15, 0.2) is 0 Å². The van der Waals surface area contributed by atoms with Gasteiger partial charge in [-0.3, -0.25) is 0 Å². The lowest BCUT2D eigenvalue weighted by molar-refractivity contribution is 0.671. The van der Waals surface area contributed by atoms with Crippen LogP contribution in [0, 0.1) is 0 Å².